The largest absolute Gasteiger partial charge is 0.383 e. The van der Waals surface area contributed by atoms with Gasteiger partial charge in [-0.05, 0) is 41.0 Å². The van der Waals surface area contributed by atoms with Crippen molar-refractivity contribution in [2.24, 2.45) is 0 Å². The van der Waals surface area contributed by atoms with E-state index in [0.717, 1.165) is 10.9 Å². The van der Waals surface area contributed by atoms with Gasteiger partial charge in [-0.1, -0.05) is 0 Å². The Kier molecular flexibility index (Phi) is 5.07. The van der Waals surface area contributed by atoms with Crippen LogP contribution in [0.4, 0.5) is 0 Å². The summed E-state index contributed by atoms with van der Waals surface area (Å²) in [6, 6.07) is 2.42. The van der Waals surface area contributed by atoms with Gasteiger partial charge in [-0.3, -0.25) is 4.98 Å². The quantitative estimate of drug-likeness (QED) is 0.872. The van der Waals surface area contributed by atoms with Crippen LogP contribution in [0.25, 0.3) is 0 Å². The summed E-state index contributed by atoms with van der Waals surface area (Å²) < 4.78 is 6.12. The molecule has 0 radical (unpaired) electrons. The van der Waals surface area contributed by atoms with E-state index in [1.54, 1.807) is 13.3 Å². The summed E-state index contributed by atoms with van der Waals surface area (Å²) in [6.45, 7) is 0.711. The van der Waals surface area contributed by atoms with Crippen molar-refractivity contribution in [1.29, 1.82) is 0 Å². The molecule has 0 bridgehead atoms. The van der Waals surface area contributed by atoms with E-state index in [1.807, 2.05) is 13.2 Å². The van der Waals surface area contributed by atoms with E-state index in [2.05, 4.69) is 32.3 Å². The van der Waals surface area contributed by atoms with Gasteiger partial charge in [0.1, 0.15) is 0 Å². The smallest absolute Gasteiger partial charge is 0.0618 e. The van der Waals surface area contributed by atoms with E-state index in [-0.39, 0.29) is 0 Å². The first-order chi connectivity index (χ1) is 6.76. The monoisotopic (exact) mass is 258 g/mol. The predicted octanol–water partition coefficient (Wildman–Crippen LogP) is 1.62. The SMILES string of the molecule is CNC(COC)Cc1cncc(Br)c1. The lowest BCUT2D eigenvalue weighted by molar-refractivity contribution is 0.169. The zero-order chi connectivity index (χ0) is 10.4. The van der Waals surface area contributed by atoms with Crippen LogP contribution in [-0.2, 0) is 11.2 Å². The second-order valence-corrected chi connectivity index (χ2v) is 4.07. The maximum Gasteiger partial charge on any atom is 0.0618 e. The summed E-state index contributed by atoms with van der Waals surface area (Å²) in [6.07, 6.45) is 4.59. The van der Waals surface area contributed by atoms with E-state index in [1.165, 1.54) is 5.56 Å². The van der Waals surface area contributed by atoms with Crippen LogP contribution in [0.5, 0.6) is 0 Å². The van der Waals surface area contributed by atoms with Gasteiger partial charge in [-0.15, -0.1) is 0 Å². The van der Waals surface area contributed by atoms with Gasteiger partial charge < -0.3 is 10.1 Å². The minimum absolute atomic E-state index is 0.344. The number of methoxy groups -OCH3 is 1. The van der Waals surface area contributed by atoms with Crippen molar-refractivity contribution in [1.82, 2.24) is 10.3 Å². The Morgan fingerprint density at radius 2 is 2.36 bits per heavy atom. The summed E-state index contributed by atoms with van der Waals surface area (Å²) in [5.41, 5.74) is 1.20. The second kappa shape index (κ2) is 6.11. The number of hydrogen-bond donors (Lipinski definition) is 1. The lowest BCUT2D eigenvalue weighted by Crippen LogP contribution is -2.32. The minimum atomic E-state index is 0.344. The highest BCUT2D eigenvalue weighted by molar-refractivity contribution is 9.10. The van der Waals surface area contributed by atoms with E-state index in [4.69, 9.17) is 4.74 Å². The Morgan fingerprint density at radius 3 is 2.93 bits per heavy atom. The number of rotatable bonds is 5. The fourth-order valence-electron chi connectivity index (χ4n) is 1.30. The van der Waals surface area contributed by atoms with Crippen LogP contribution < -0.4 is 5.32 Å². The van der Waals surface area contributed by atoms with Gasteiger partial charge in [-0.25, -0.2) is 0 Å². The van der Waals surface area contributed by atoms with Crippen LogP contribution in [0.2, 0.25) is 0 Å². The third kappa shape index (κ3) is 3.74. The molecule has 1 atom stereocenters. The van der Waals surface area contributed by atoms with Gasteiger partial charge in [0.15, 0.2) is 0 Å². The first-order valence-corrected chi connectivity index (χ1v) is 5.31. The number of likely N-dealkylation sites (N-methyl/N-ethyl adjacent to an activating group) is 1. The summed E-state index contributed by atoms with van der Waals surface area (Å²) in [4.78, 5) is 4.12. The number of hydrogen-bond acceptors (Lipinski definition) is 3. The number of nitrogens with one attached hydrogen (secondary N) is 1. The molecule has 1 rings (SSSR count). The van der Waals surface area contributed by atoms with Crippen LogP contribution >= 0.6 is 15.9 Å². The molecule has 14 heavy (non-hydrogen) atoms. The molecular formula is C10H15BrN2O. The van der Waals surface area contributed by atoms with Crippen LogP contribution in [0.1, 0.15) is 5.56 Å². The summed E-state index contributed by atoms with van der Waals surface area (Å²) in [5, 5.41) is 3.20. The number of halogens is 1. The highest BCUT2D eigenvalue weighted by Gasteiger charge is 2.06. The Hall–Kier alpha value is -0.450. The van der Waals surface area contributed by atoms with Crippen molar-refractivity contribution >= 4 is 15.9 Å². The molecule has 1 aromatic rings. The standard InChI is InChI=1S/C10H15BrN2O/c1-12-10(7-14-2)4-8-3-9(11)6-13-5-8/h3,5-6,10,12H,4,7H2,1-2H3. The highest BCUT2D eigenvalue weighted by Crippen LogP contribution is 2.11. The van der Waals surface area contributed by atoms with Gasteiger partial charge in [0.05, 0.1) is 6.61 Å². The molecule has 0 spiro atoms. The lowest BCUT2D eigenvalue weighted by Gasteiger charge is -2.14. The summed E-state index contributed by atoms with van der Waals surface area (Å²) >= 11 is 3.40. The van der Waals surface area contributed by atoms with E-state index in [9.17, 15) is 0 Å². The second-order valence-electron chi connectivity index (χ2n) is 3.16. The van der Waals surface area contributed by atoms with E-state index in [0.29, 0.717) is 12.6 Å². The Bertz CT molecular complexity index is 281. The molecule has 1 unspecified atom stereocenters. The van der Waals surface area contributed by atoms with Gasteiger partial charge in [0, 0.05) is 30.0 Å². The highest BCUT2D eigenvalue weighted by atomic mass is 79.9. The molecular weight excluding hydrogens is 244 g/mol. The minimum Gasteiger partial charge on any atom is -0.383 e. The fraction of sp³-hybridized carbons (Fsp3) is 0.500. The van der Waals surface area contributed by atoms with Crippen LogP contribution in [-0.4, -0.2) is 31.8 Å². The van der Waals surface area contributed by atoms with Crippen molar-refractivity contribution in [3.8, 4) is 0 Å². The number of aromatic nitrogens is 1. The molecule has 0 amide bonds. The molecule has 3 nitrogen and oxygen atoms in total. The van der Waals surface area contributed by atoms with Crippen LogP contribution in [0.3, 0.4) is 0 Å². The molecule has 0 aromatic carbocycles. The van der Waals surface area contributed by atoms with Crippen molar-refractivity contribution in [3.63, 3.8) is 0 Å². The number of nitrogens with zero attached hydrogens (tertiary/aromatic N) is 1. The van der Waals surface area contributed by atoms with Gasteiger partial charge in [0.2, 0.25) is 0 Å². The zero-order valence-electron chi connectivity index (χ0n) is 8.46. The predicted molar refractivity (Wildman–Crippen MR) is 60.4 cm³/mol. The molecule has 1 N–H and O–H groups in total. The molecule has 0 aliphatic rings. The van der Waals surface area contributed by atoms with Crippen LogP contribution in [0.15, 0.2) is 22.9 Å². The van der Waals surface area contributed by atoms with Gasteiger partial charge in [0.25, 0.3) is 0 Å². The molecule has 4 heteroatoms. The average molecular weight is 259 g/mol. The summed E-state index contributed by atoms with van der Waals surface area (Å²) in [5.74, 6) is 0. The normalized spacial score (nSPS) is 12.8. The van der Waals surface area contributed by atoms with Crippen molar-refractivity contribution in [3.05, 3.63) is 28.5 Å². The Labute approximate surface area is 93.0 Å². The van der Waals surface area contributed by atoms with Gasteiger partial charge >= 0.3 is 0 Å². The molecule has 0 saturated carbocycles. The topological polar surface area (TPSA) is 34.1 Å². The van der Waals surface area contributed by atoms with Crippen molar-refractivity contribution in [2.45, 2.75) is 12.5 Å². The third-order valence-corrected chi connectivity index (χ3v) is 2.45. The molecule has 0 saturated heterocycles. The summed E-state index contributed by atoms with van der Waals surface area (Å²) in [7, 11) is 3.65. The number of pyridine rings is 1. The first kappa shape index (κ1) is 11.6. The Balaban J connectivity index is 2.57. The molecule has 0 fully saturated rings. The maximum absolute atomic E-state index is 5.10. The molecule has 0 aliphatic heterocycles. The maximum atomic E-state index is 5.10. The van der Waals surface area contributed by atoms with E-state index >= 15 is 0 Å². The Morgan fingerprint density at radius 1 is 1.57 bits per heavy atom. The van der Waals surface area contributed by atoms with Crippen LogP contribution in [0, 0.1) is 0 Å². The molecule has 78 valence electrons. The molecule has 0 aliphatic carbocycles. The first-order valence-electron chi connectivity index (χ1n) is 4.52. The van der Waals surface area contributed by atoms with Crippen molar-refractivity contribution in [2.75, 3.05) is 20.8 Å². The average Bonchev–Trinajstić information content (AvgIpc) is 2.17. The number of ether oxygens (including phenoxy) is 1. The zero-order valence-corrected chi connectivity index (χ0v) is 10.0. The lowest BCUT2D eigenvalue weighted by atomic mass is 10.1. The van der Waals surface area contributed by atoms with E-state index < -0.39 is 0 Å². The molecule has 1 aromatic heterocycles. The van der Waals surface area contributed by atoms with Gasteiger partial charge in [-0.2, -0.15) is 0 Å². The molecule has 1 heterocycles. The fourth-order valence-corrected chi connectivity index (χ4v) is 1.71. The van der Waals surface area contributed by atoms with Crippen molar-refractivity contribution < 1.29 is 4.74 Å². The third-order valence-electron chi connectivity index (χ3n) is 2.02.